The zero-order chi connectivity index (χ0) is 11.4. The Kier molecular flexibility index (Phi) is 3.38. The van der Waals surface area contributed by atoms with Gasteiger partial charge in [-0.3, -0.25) is 10.1 Å². The van der Waals surface area contributed by atoms with E-state index in [9.17, 15) is 14.5 Å². The molecular formula is C10H11FN2O2. The standard InChI is InChI=1S/C10H11FN2O2/c1-3-7(2)12-9-6-4-5-8(11)10(9)13(14)15/h3-7,12H,1H2,2H3. The van der Waals surface area contributed by atoms with Gasteiger partial charge in [0, 0.05) is 6.04 Å². The Balaban J connectivity index is 3.11. The van der Waals surface area contributed by atoms with Crippen LogP contribution in [-0.2, 0) is 0 Å². The molecule has 1 aromatic carbocycles. The molecule has 1 unspecified atom stereocenters. The van der Waals surface area contributed by atoms with Gasteiger partial charge in [0.15, 0.2) is 0 Å². The molecule has 15 heavy (non-hydrogen) atoms. The van der Waals surface area contributed by atoms with Gasteiger partial charge < -0.3 is 5.32 Å². The van der Waals surface area contributed by atoms with E-state index in [0.717, 1.165) is 6.07 Å². The Labute approximate surface area is 86.6 Å². The summed E-state index contributed by atoms with van der Waals surface area (Å²) in [5.74, 6) is -0.846. The van der Waals surface area contributed by atoms with Crippen LogP contribution in [0, 0.1) is 15.9 Å². The minimum Gasteiger partial charge on any atom is -0.373 e. The van der Waals surface area contributed by atoms with Gasteiger partial charge >= 0.3 is 5.69 Å². The van der Waals surface area contributed by atoms with Crippen molar-refractivity contribution in [3.8, 4) is 0 Å². The summed E-state index contributed by atoms with van der Waals surface area (Å²) >= 11 is 0. The van der Waals surface area contributed by atoms with Crippen molar-refractivity contribution in [1.82, 2.24) is 0 Å². The number of nitro benzene ring substituents is 1. The van der Waals surface area contributed by atoms with Crippen molar-refractivity contribution in [1.29, 1.82) is 0 Å². The molecule has 0 fully saturated rings. The maximum absolute atomic E-state index is 13.1. The lowest BCUT2D eigenvalue weighted by Crippen LogP contribution is -2.13. The molecule has 0 heterocycles. The molecular weight excluding hydrogens is 199 g/mol. The number of nitrogens with one attached hydrogen (secondary N) is 1. The predicted octanol–water partition coefficient (Wildman–Crippen LogP) is 2.72. The third-order valence-electron chi connectivity index (χ3n) is 1.91. The van der Waals surface area contributed by atoms with Crippen LogP contribution in [-0.4, -0.2) is 11.0 Å². The minimum absolute atomic E-state index is 0.160. The highest BCUT2D eigenvalue weighted by Gasteiger charge is 2.19. The second-order valence-corrected chi connectivity index (χ2v) is 3.06. The van der Waals surface area contributed by atoms with Crippen molar-refractivity contribution < 1.29 is 9.31 Å². The van der Waals surface area contributed by atoms with Crippen molar-refractivity contribution in [2.75, 3.05) is 5.32 Å². The maximum Gasteiger partial charge on any atom is 0.327 e. The van der Waals surface area contributed by atoms with Crippen molar-refractivity contribution in [2.24, 2.45) is 0 Å². The van der Waals surface area contributed by atoms with Crippen LogP contribution in [0.15, 0.2) is 30.9 Å². The molecule has 0 spiro atoms. The van der Waals surface area contributed by atoms with E-state index in [0.29, 0.717) is 0 Å². The van der Waals surface area contributed by atoms with Crippen LogP contribution in [0.25, 0.3) is 0 Å². The summed E-state index contributed by atoms with van der Waals surface area (Å²) in [5, 5.41) is 13.4. The molecule has 0 bridgehead atoms. The first-order chi connectivity index (χ1) is 7.06. The molecule has 1 aromatic rings. The van der Waals surface area contributed by atoms with Crippen LogP contribution >= 0.6 is 0 Å². The number of anilines is 1. The predicted molar refractivity (Wildman–Crippen MR) is 56.3 cm³/mol. The molecule has 0 aliphatic carbocycles. The second kappa shape index (κ2) is 4.54. The SMILES string of the molecule is C=CC(C)Nc1cccc(F)c1[N+](=O)[O-]. The summed E-state index contributed by atoms with van der Waals surface area (Å²) in [6.07, 6.45) is 1.58. The largest absolute Gasteiger partial charge is 0.373 e. The number of para-hydroxylation sites is 1. The smallest absolute Gasteiger partial charge is 0.327 e. The van der Waals surface area contributed by atoms with Gasteiger partial charge in [0.2, 0.25) is 5.82 Å². The number of rotatable bonds is 4. The molecule has 80 valence electrons. The molecule has 0 aromatic heterocycles. The lowest BCUT2D eigenvalue weighted by atomic mass is 10.2. The Hall–Kier alpha value is -1.91. The lowest BCUT2D eigenvalue weighted by Gasteiger charge is -2.10. The monoisotopic (exact) mass is 210 g/mol. The fourth-order valence-corrected chi connectivity index (χ4v) is 1.12. The second-order valence-electron chi connectivity index (χ2n) is 3.06. The summed E-state index contributed by atoms with van der Waals surface area (Å²) in [6, 6.07) is 3.77. The molecule has 0 amide bonds. The third-order valence-corrected chi connectivity index (χ3v) is 1.91. The van der Waals surface area contributed by atoms with Gasteiger partial charge in [-0.25, -0.2) is 0 Å². The number of nitrogens with zero attached hydrogens (tertiary/aromatic N) is 1. The van der Waals surface area contributed by atoms with Gasteiger partial charge in [0.05, 0.1) is 4.92 Å². The highest BCUT2D eigenvalue weighted by molar-refractivity contribution is 5.62. The number of hydrogen-bond acceptors (Lipinski definition) is 3. The molecule has 5 heteroatoms. The molecule has 0 aliphatic rings. The van der Waals surface area contributed by atoms with Gasteiger partial charge in [0.25, 0.3) is 0 Å². The quantitative estimate of drug-likeness (QED) is 0.472. The molecule has 1 N–H and O–H groups in total. The van der Waals surface area contributed by atoms with Gasteiger partial charge in [0.1, 0.15) is 5.69 Å². The Morgan fingerprint density at radius 3 is 2.87 bits per heavy atom. The Bertz CT molecular complexity index is 393. The van der Waals surface area contributed by atoms with Crippen LogP contribution in [0.5, 0.6) is 0 Å². The van der Waals surface area contributed by atoms with Crippen LogP contribution in [0.2, 0.25) is 0 Å². The van der Waals surface area contributed by atoms with Crippen molar-refractivity contribution in [3.05, 3.63) is 46.8 Å². The van der Waals surface area contributed by atoms with Crippen LogP contribution in [0.4, 0.5) is 15.8 Å². The maximum atomic E-state index is 13.1. The average molecular weight is 210 g/mol. The van der Waals surface area contributed by atoms with E-state index in [1.807, 2.05) is 0 Å². The van der Waals surface area contributed by atoms with Crippen molar-refractivity contribution in [2.45, 2.75) is 13.0 Å². The fraction of sp³-hybridized carbons (Fsp3) is 0.200. The van der Waals surface area contributed by atoms with E-state index in [2.05, 4.69) is 11.9 Å². The summed E-state index contributed by atoms with van der Waals surface area (Å²) in [4.78, 5) is 9.87. The molecule has 1 atom stereocenters. The van der Waals surface area contributed by atoms with E-state index in [-0.39, 0.29) is 11.7 Å². The molecule has 0 aliphatic heterocycles. The zero-order valence-electron chi connectivity index (χ0n) is 8.24. The summed E-state index contributed by atoms with van der Waals surface area (Å²) in [6.45, 7) is 5.29. The highest BCUT2D eigenvalue weighted by Crippen LogP contribution is 2.27. The number of benzene rings is 1. The van der Waals surface area contributed by atoms with Gasteiger partial charge in [-0.05, 0) is 19.1 Å². The van der Waals surface area contributed by atoms with Crippen LogP contribution in [0.1, 0.15) is 6.92 Å². The summed E-state index contributed by atoms with van der Waals surface area (Å²) in [7, 11) is 0. The first-order valence-electron chi connectivity index (χ1n) is 4.38. The molecule has 0 saturated carbocycles. The number of halogens is 1. The number of hydrogen-bond donors (Lipinski definition) is 1. The number of nitro groups is 1. The summed E-state index contributed by atoms with van der Waals surface area (Å²) in [5.41, 5.74) is -0.376. The molecule has 1 rings (SSSR count). The van der Waals surface area contributed by atoms with Gasteiger partial charge in [-0.15, -0.1) is 6.58 Å². The lowest BCUT2D eigenvalue weighted by molar-refractivity contribution is -0.386. The fourth-order valence-electron chi connectivity index (χ4n) is 1.12. The van der Waals surface area contributed by atoms with Gasteiger partial charge in [-0.2, -0.15) is 4.39 Å². The minimum atomic E-state index is -0.846. The van der Waals surface area contributed by atoms with E-state index in [1.165, 1.54) is 12.1 Å². The molecule has 4 nitrogen and oxygen atoms in total. The Morgan fingerprint density at radius 1 is 1.67 bits per heavy atom. The normalized spacial score (nSPS) is 11.9. The molecule has 0 radical (unpaired) electrons. The van der Waals surface area contributed by atoms with Crippen molar-refractivity contribution in [3.63, 3.8) is 0 Å². The third kappa shape index (κ3) is 2.52. The van der Waals surface area contributed by atoms with E-state index >= 15 is 0 Å². The zero-order valence-corrected chi connectivity index (χ0v) is 8.24. The highest BCUT2D eigenvalue weighted by atomic mass is 19.1. The first-order valence-corrected chi connectivity index (χ1v) is 4.38. The Morgan fingerprint density at radius 2 is 2.33 bits per heavy atom. The van der Waals surface area contributed by atoms with Crippen molar-refractivity contribution >= 4 is 11.4 Å². The van der Waals surface area contributed by atoms with Gasteiger partial charge in [-0.1, -0.05) is 12.1 Å². The molecule has 0 saturated heterocycles. The average Bonchev–Trinajstić information content (AvgIpc) is 2.17. The van der Waals surface area contributed by atoms with Crippen LogP contribution in [0.3, 0.4) is 0 Å². The van der Waals surface area contributed by atoms with E-state index < -0.39 is 16.4 Å². The summed E-state index contributed by atoms with van der Waals surface area (Å²) < 4.78 is 13.1. The van der Waals surface area contributed by atoms with E-state index in [1.54, 1.807) is 13.0 Å². The first kappa shape index (κ1) is 11.2. The van der Waals surface area contributed by atoms with E-state index in [4.69, 9.17) is 0 Å². The van der Waals surface area contributed by atoms with Crippen LogP contribution < -0.4 is 5.32 Å². The topological polar surface area (TPSA) is 55.2 Å².